The summed E-state index contributed by atoms with van der Waals surface area (Å²) < 4.78 is 34.8. The number of nitrogen functional groups attached to an aromatic ring is 1. The summed E-state index contributed by atoms with van der Waals surface area (Å²) in [6, 6.07) is 23.7. The number of rotatable bonds is 7. The fourth-order valence-corrected chi connectivity index (χ4v) is 4.65. The Morgan fingerprint density at radius 3 is 2.41 bits per heavy atom. The highest BCUT2D eigenvalue weighted by Gasteiger charge is 2.26. The minimum absolute atomic E-state index is 0.0877. The van der Waals surface area contributed by atoms with Crippen LogP contribution < -0.4 is 15.2 Å². The Bertz CT molecular complexity index is 1430. The number of nitrogens with one attached hydrogen (secondary N) is 1. The summed E-state index contributed by atoms with van der Waals surface area (Å²) in [5.41, 5.74) is 8.14. The molecule has 9 heteroatoms. The van der Waals surface area contributed by atoms with Gasteiger partial charge in [-0.1, -0.05) is 48.5 Å². The maximum absolute atomic E-state index is 13.3. The first-order valence-electron chi connectivity index (χ1n) is 10.5. The Morgan fingerprint density at radius 1 is 1.00 bits per heavy atom. The van der Waals surface area contributed by atoms with Crippen molar-refractivity contribution in [3.05, 3.63) is 96.2 Å². The van der Waals surface area contributed by atoms with Crippen LogP contribution in [0.4, 0.5) is 5.69 Å². The fraction of sp³-hybridized carbons (Fsp3) is 0.120. The number of nitrogens with zero attached hydrogens (tertiary/aromatic N) is 2. The highest BCUT2D eigenvalue weighted by Crippen LogP contribution is 2.31. The van der Waals surface area contributed by atoms with Gasteiger partial charge in [-0.2, -0.15) is 5.10 Å². The number of amides is 1. The number of carbonyl (C=O) groups excluding carboxylic acids is 1. The van der Waals surface area contributed by atoms with Crippen molar-refractivity contribution in [2.24, 2.45) is 0 Å². The van der Waals surface area contributed by atoms with Gasteiger partial charge in [0.05, 0.1) is 23.7 Å². The van der Waals surface area contributed by atoms with E-state index >= 15 is 0 Å². The van der Waals surface area contributed by atoms with Gasteiger partial charge in [-0.25, -0.2) is 13.1 Å². The second-order valence-electron chi connectivity index (χ2n) is 7.65. The van der Waals surface area contributed by atoms with Crippen molar-refractivity contribution in [3.8, 4) is 17.0 Å². The number of benzene rings is 3. The third kappa shape index (κ3) is 4.65. The number of hydrogen-bond acceptors (Lipinski definition) is 6. The predicted molar refractivity (Wildman–Crippen MR) is 130 cm³/mol. The summed E-state index contributed by atoms with van der Waals surface area (Å²) in [6.45, 7) is 1.89. The number of nitrogens with two attached hydrogens (primary N) is 1. The summed E-state index contributed by atoms with van der Waals surface area (Å²) >= 11 is 0. The van der Waals surface area contributed by atoms with Crippen LogP contribution in [0.2, 0.25) is 0 Å². The molecule has 174 valence electrons. The SMILES string of the molecule is COc1ccccc1-c1cc(C(=O)NS(=O)(=O)c2cccc(N)c2)n(C(C)c2ccccc2)n1. The molecule has 1 amide bonds. The van der Waals surface area contributed by atoms with Gasteiger partial charge in [0.2, 0.25) is 0 Å². The maximum atomic E-state index is 13.3. The van der Waals surface area contributed by atoms with E-state index in [2.05, 4.69) is 9.82 Å². The first-order valence-corrected chi connectivity index (χ1v) is 12.0. The molecular formula is C25H24N4O4S. The van der Waals surface area contributed by atoms with Gasteiger partial charge < -0.3 is 10.5 Å². The van der Waals surface area contributed by atoms with Crippen molar-refractivity contribution in [3.63, 3.8) is 0 Å². The largest absolute Gasteiger partial charge is 0.496 e. The molecular weight excluding hydrogens is 452 g/mol. The Balaban J connectivity index is 1.78. The number of aromatic nitrogens is 2. The number of para-hydroxylation sites is 1. The number of carbonyl (C=O) groups is 1. The van der Waals surface area contributed by atoms with Crippen LogP contribution in [0.3, 0.4) is 0 Å². The molecule has 0 aliphatic rings. The first kappa shape index (κ1) is 23.1. The summed E-state index contributed by atoms with van der Waals surface area (Å²) in [7, 11) is -2.60. The van der Waals surface area contributed by atoms with E-state index in [4.69, 9.17) is 10.5 Å². The van der Waals surface area contributed by atoms with Gasteiger partial charge in [0.1, 0.15) is 11.4 Å². The van der Waals surface area contributed by atoms with E-state index in [1.807, 2.05) is 55.5 Å². The van der Waals surface area contributed by atoms with Crippen LogP contribution in [-0.4, -0.2) is 31.2 Å². The molecule has 1 aromatic heterocycles. The standard InChI is InChI=1S/C25H24N4O4S/c1-17(18-9-4-3-5-10-18)29-23(16-22(27-29)21-13-6-7-14-24(21)33-2)25(30)28-34(31,32)20-12-8-11-19(26)15-20/h3-17H,26H2,1-2H3,(H,28,30). The van der Waals surface area contributed by atoms with E-state index in [0.29, 0.717) is 17.0 Å². The zero-order chi connectivity index (χ0) is 24.3. The van der Waals surface area contributed by atoms with E-state index < -0.39 is 15.9 Å². The lowest BCUT2D eigenvalue weighted by Crippen LogP contribution is -2.33. The van der Waals surface area contributed by atoms with Gasteiger partial charge in [0, 0.05) is 11.3 Å². The number of hydrogen-bond donors (Lipinski definition) is 2. The number of methoxy groups -OCH3 is 1. The molecule has 1 atom stereocenters. The molecule has 0 fully saturated rings. The molecule has 0 aliphatic carbocycles. The predicted octanol–water partition coefficient (Wildman–Crippen LogP) is 3.87. The minimum atomic E-state index is -4.15. The normalized spacial score (nSPS) is 12.2. The highest BCUT2D eigenvalue weighted by atomic mass is 32.2. The number of sulfonamides is 1. The molecule has 1 unspecified atom stereocenters. The van der Waals surface area contributed by atoms with E-state index in [9.17, 15) is 13.2 Å². The zero-order valence-corrected chi connectivity index (χ0v) is 19.5. The van der Waals surface area contributed by atoms with Crippen LogP contribution in [0.5, 0.6) is 5.75 Å². The molecule has 0 saturated heterocycles. The lowest BCUT2D eigenvalue weighted by atomic mass is 10.1. The molecule has 34 heavy (non-hydrogen) atoms. The van der Waals surface area contributed by atoms with Crippen LogP contribution >= 0.6 is 0 Å². The van der Waals surface area contributed by atoms with Crippen molar-refractivity contribution >= 4 is 21.6 Å². The molecule has 8 nitrogen and oxygen atoms in total. The maximum Gasteiger partial charge on any atom is 0.283 e. The van der Waals surface area contributed by atoms with E-state index in [0.717, 1.165) is 5.56 Å². The number of anilines is 1. The van der Waals surface area contributed by atoms with Gasteiger partial charge in [-0.3, -0.25) is 9.48 Å². The Morgan fingerprint density at radius 2 is 1.71 bits per heavy atom. The molecule has 4 aromatic rings. The summed E-state index contributed by atoms with van der Waals surface area (Å²) in [5.74, 6) is -0.224. The van der Waals surface area contributed by atoms with Crippen LogP contribution in [0, 0.1) is 0 Å². The van der Waals surface area contributed by atoms with Gasteiger partial charge in [0.15, 0.2) is 0 Å². The third-order valence-corrected chi connectivity index (χ3v) is 6.72. The smallest absolute Gasteiger partial charge is 0.283 e. The molecule has 0 radical (unpaired) electrons. The Hall–Kier alpha value is -4.11. The van der Waals surface area contributed by atoms with Crippen LogP contribution in [0.15, 0.2) is 89.8 Å². The molecule has 0 spiro atoms. The van der Waals surface area contributed by atoms with Gasteiger partial charge in [-0.05, 0) is 48.9 Å². The molecule has 3 aromatic carbocycles. The monoisotopic (exact) mass is 476 g/mol. The molecule has 4 rings (SSSR count). The minimum Gasteiger partial charge on any atom is -0.496 e. The molecule has 1 heterocycles. The Kier molecular flexibility index (Phi) is 6.38. The molecule has 0 saturated carbocycles. The van der Waals surface area contributed by atoms with Crippen molar-refractivity contribution in [1.29, 1.82) is 0 Å². The highest BCUT2D eigenvalue weighted by molar-refractivity contribution is 7.90. The second kappa shape index (κ2) is 9.40. The Labute approximate surface area is 198 Å². The van der Waals surface area contributed by atoms with Crippen LogP contribution in [0.1, 0.15) is 29.0 Å². The second-order valence-corrected chi connectivity index (χ2v) is 9.34. The quantitative estimate of drug-likeness (QED) is 0.391. The fourth-order valence-electron chi connectivity index (χ4n) is 3.63. The van der Waals surface area contributed by atoms with Crippen LogP contribution in [-0.2, 0) is 10.0 Å². The number of ether oxygens (including phenoxy) is 1. The molecule has 3 N–H and O–H groups in total. The lowest BCUT2D eigenvalue weighted by molar-refractivity contribution is 0.0969. The van der Waals surface area contributed by atoms with Crippen LogP contribution in [0.25, 0.3) is 11.3 Å². The van der Waals surface area contributed by atoms with Crippen molar-refractivity contribution < 1.29 is 17.9 Å². The van der Waals surface area contributed by atoms with Crippen molar-refractivity contribution in [2.45, 2.75) is 17.9 Å². The first-order chi connectivity index (χ1) is 16.3. The van der Waals surface area contributed by atoms with E-state index in [1.165, 1.54) is 22.9 Å². The van der Waals surface area contributed by atoms with E-state index in [-0.39, 0.29) is 22.3 Å². The van der Waals surface area contributed by atoms with E-state index in [1.54, 1.807) is 25.3 Å². The van der Waals surface area contributed by atoms with Gasteiger partial charge >= 0.3 is 0 Å². The van der Waals surface area contributed by atoms with Gasteiger partial charge in [0.25, 0.3) is 15.9 Å². The van der Waals surface area contributed by atoms with Crippen molar-refractivity contribution in [2.75, 3.05) is 12.8 Å². The average molecular weight is 477 g/mol. The third-order valence-electron chi connectivity index (χ3n) is 5.40. The summed E-state index contributed by atoms with van der Waals surface area (Å²) in [6.07, 6.45) is 0. The zero-order valence-electron chi connectivity index (χ0n) is 18.7. The summed E-state index contributed by atoms with van der Waals surface area (Å²) in [4.78, 5) is 13.2. The summed E-state index contributed by atoms with van der Waals surface area (Å²) in [5, 5.41) is 4.66. The van der Waals surface area contributed by atoms with Crippen molar-refractivity contribution in [1.82, 2.24) is 14.5 Å². The topological polar surface area (TPSA) is 116 Å². The molecule has 0 aliphatic heterocycles. The van der Waals surface area contributed by atoms with Gasteiger partial charge in [-0.15, -0.1) is 0 Å². The average Bonchev–Trinajstić information content (AvgIpc) is 3.29. The lowest BCUT2D eigenvalue weighted by Gasteiger charge is -2.16. The molecule has 0 bridgehead atoms.